The molecular weight excluding hydrogens is 330 g/mol. The fourth-order valence-electron chi connectivity index (χ4n) is 2.38. The summed E-state index contributed by atoms with van der Waals surface area (Å²) in [6.07, 6.45) is 3.23. The standard InChI is InChI=1S/C21H23NO4/c1-4-25-18-11-13-21(26-5-2)19(14-18)20(24)12-8-16-6-9-17(10-7-16)22-15(3)23/h6-14H,4-5H2,1-3H3,(H,22,23)/b12-8+. The van der Waals surface area contributed by atoms with Gasteiger partial charge in [-0.1, -0.05) is 18.2 Å². The molecule has 1 N–H and O–H groups in total. The van der Waals surface area contributed by atoms with Gasteiger partial charge in [0.1, 0.15) is 11.5 Å². The number of carbonyl (C=O) groups is 2. The Labute approximate surface area is 153 Å². The highest BCUT2D eigenvalue weighted by molar-refractivity contribution is 6.09. The highest BCUT2D eigenvalue weighted by atomic mass is 16.5. The van der Waals surface area contributed by atoms with Crippen molar-refractivity contribution in [2.75, 3.05) is 18.5 Å². The Morgan fingerprint density at radius 1 is 1.00 bits per heavy atom. The number of ether oxygens (including phenoxy) is 2. The van der Waals surface area contributed by atoms with E-state index >= 15 is 0 Å². The first-order valence-electron chi connectivity index (χ1n) is 8.53. The van der Waals surface area contributed by atoms with Gasteiger partial charge in [-0.05, 0) is 55.8 Å². The lowest BCUT2D eigenvalue weighted by Gasteiger charge is -2.10. The van der Waals surface area contributed by atoms with Crippen LogP contribution in [0.15, 0.2) is 48.5 Å². The van der Waals surface area contributed by atoms with Crippen molar-refractivity contribution in [1.82, 2.24) is 0 Å². The number of anilines is 1. The second kappa shape index (κ2) is 9.42. The Balaban J connectivity index is 2.18. The molecule has 0 aliphatic carbocycles. The molecule has 0 radical (unpaired) electrons. The maximum absolute atomic E-state index is 12.6. The van der Waals surface area contributed by atoms with Crippen LogP contribution in [0.2, 0.25) is 0 Å². The third-order valence-electron chi connectivity index (χ3n) is 3.49. The lowest BCUT2D eigenvalue weighted by molar-refractivity contribution is -0.114. The Morgan fingerprint density at radius 3 is 2.31 bits per heavy atom. The summed E-state index contributed by atoms with van der Waals surface area (Å²) >= 11 is 0. The van der Waals surface area contributed by atoms with Gasteiger partial charge in [0.25, 0.3) is 0 Å². The fourth-order valence-corrected chi connectivity index (χ4v) is 2.38. The zero-order valence-corrected chi connectivity index (χ0v) is 15.2. The van der Waals surface area contributed by atoms with Gasteiger partial charge in [0, 0.05) is 12.6 Å². The Bertz CT molecular complexity index is 794. The van der Waals surface area contributed by atoms with Crippen LogP contribution >= 0.6 is 0 Å². The smallest absolute Gasteiger partial charge is 0.221 e. The molecule has 0 bridgehead atoms. The van der Waals surface area contributed by atoms with Crippen LogP contribution in [0.3, 0.4) is 0 Å². The van der Waals surface area contributed by atoms with Crippen LogP contribution in [0, 0.1) is 0 Å². The average Bonchev–Trinajstić information content (AvgIpc) is 2.62. The lowest BCUT2D eigenvalue weighted by Crippen LogP contribution is -2.05. The number of allylic oxidation sites excluding steroid dienone is 1. The summed E-state index contributed by atoms with van der Waals surface area (Å²) in [6.45, 7) is 6.22. The van der Waals surface area contributed by atoms with Crippen LogP contribution in [0.25, 0.3) is 6.08 Å². The molecule has 0 aliphatic heterocycles. The summed E-state index contributed by atoms with van der Waals surface area (Å²) in [7, 11) is 0. The normalized spacial score (nSPS) is 10.6. The molecule has 2 aromatic carbocycles. The molecule has 5 nitrogen and oxygen atoms in total. The molecule has 0 aromatic heterocycles. The van der Waals surface area contributed by atoms with Gasteiger partial charge < -0.3 is 14.8 Å². The molecule has 26 heavy (non-hydrogen) atoms. The van der Waals surface area contributed by atoms with E-state index in [-0.39, 0.29) is 11.7 Å². The first-order valence-corrected chi connectivity index (χ1v) is 8.53. The lowest BCUT2D eigenvalue weighted by atomic mass is 10.1. The molecule has 0 atom stereocenters. The fraction of sp³-hybridized carbons (Fsp3) is 0.238. The summed E-state index contributed by atoms with van der Waals surface area (Å²) in [5.41, 5.74) is 2.03. The van der Waals surface area contributed by atoms with Crippen molar-refractivity contribution >= 4 is 23.5 Å². The maximum atomic E-state index is 12.6. The zero-order chi connectivity index (χ0) is 18.9. The minimum absolute atomic E-state index is 0.124. The summed E-state index contributed by atoms with van der Waals surface area (Å²) in [5.74, 6) is 0.876. The van der Waals surface area contributed by atoms with Crippen LogP contribution in [0.4, 0.5) is 5.69 Å². The SMILES string of the molecule is CCOc1ccc(OCC)c(C(=O)/C=C/c2ccc(NC(C)=O)cc2)c1. The predicted octanol–water partition coefficient (Wildman–Crippen LogP) is 4.34. The van der Waals surface area contributed by atoms with Crippen molar-refractivity contribution in [2.45, 2.75) is 20.8 Å². The van der Waals surface area contributed by atoms with Gasteiger partial charge in [-0.25, -0.2) is 0 Å². The highest BCUT2D eigenvalue weighted by Gasteiger charge is 2.12. The number of hydrogen-bond donors (Lipinski definition) is 1. The minimum atomic E-state index is -0.166. The van der Waals surface area contributed by atoms with Gasteiger partial charge in [0.15, 0.2) is 5.78 Å². The number of carbonyl (C=O) groups excluding carboxylic acids is 2. The third kappa shape index (κ3) is 5.48. The van der Waals surface area contributed by atoms with E-state index in [0.717, 1.165) is 5.56 Å². The Hall–Kier alpha value is -3.08. The van der Waals surface area contributed by atoms with Crippen LogP contribution < -0.4 is 14.8 Å². The van der Waals surface area contributed by atoms with Gasteiger partial charge in [0.2, 0.25) is 5.91 Å². The number of ketones is 1. The second-order valence-corrected chi connectivity index (χ2v) is 5.52. The van der Waals surface area contributed by atoms with E-state index in [1.54, 1.807) is 36.4 Å². The van der Waals surface area contributed by atoms with Crippen LogP contribution in [-0.4, -0.2) is 24.9 Å². The number of rotatable bonds is 8. The molecule has 2 aromatic rings. The molecule has 0 saturated carbocycles. The average molecular weight is 353 g/mol. The third-order valence-corrected chi connectivity index (χ3v) is 3.49. The first-order chi connectivity index (χ1) is 12.5. The molecule has 1 amide bonds. The molecule has 136 valence electrons. The van der Waals surface area contributed by atoms with Crippen molar-refractivity contribution in [3.63, 3.8) is 0 Å². The molecule has 0 saturated heterocycles. The monoisotopic (exact) mass is 353 g/mol. The van der Waals surface area contributed by atoms with Crippen molar-refractivity contribution in [3.05, 3.63) is 59.7 Å². The van der Waals surface area contributed by atoms with E-state index in [4.69, 9.17) is 9.47 Å². The molecule has 0 heterocycles. The van der Waals surface area contributed by atoms with E-state index in [0.29, 0.717) is 36.0 Å². The van der Waals surface area contributed by atoms with Crippen LogP contribution in [-0.2, 0) is 4.79 Å². The summed E-state index contributed by atoms with van der Waals surface area (Å²) in [6, 6.07) is 12.5. The van der Waals surface area contributed by atoms with Gasteiger partial charge in [0.05, 0.1) is 18.8 Å². The Kier molecular flexibility index (Phi) is 6.97. The second-order valence-electron chi connectivity index (χ2n) is 5.52. The van der Waals surface area contributed by atoms with Gasteiger partial charge in [-0.15, -0.1) is 0 Å². The van der Waals surface area contributed by atoms with E-state index in [1.807, 2.05) is 26.0 Å². The van der Waals surface area contributed by atoms with Gasteiger partial charge >= 0.3 is 0 Å². The topological polar surface area (TPSA) is 64.6 Å². The number of benzene rings is 2. The van der Waals surface area contributed by atoms with Gasteiger partial charge in [-0.3, -0.25) is 9.59 Å². The maximum Gasteiger partial charge on any atom is 0.221 e. The van der Waals surface area contributed by atoms with Gasteiger partial charge in [-0.2, -0.15) is 0 Å². The van der Waals surface area contributed by atoms with E-state index < -0.39 is 0 Å². The van der Waals surface area contributed by atoms with Crippen LogP contribution in [0.1, 0.15) is 36.7 Å². The first kappa shape index (κ1) is 19.2. The van der Waals surface area contributed by atoms with E-state index in [1.165, 1.54) is 13.0 Å². The minimum Gasteiger partial charge on any atom is -0.494 e. The summed E-state index contributed by atoms with van der Waals surface area (Å²) < 4.78 is 11.0. The molecule has 0 spiro atoms. The molecular formula is C21H23NO4. The van der Waals surface area contributed by atoms with E-state index in [9.17, 15) is 9.59 Å². The number of hydrogen-bond acceptors (Lipinski definition) is 4. The zero-order valence-electron chi connectivity index (χ0n) is 15.2. The number of amides is 1. The predicted molar refractivity (Wildman–Crippen MR) is 103 cm³/mol. The summed E-state index contributed by atoms with van der Waals surface area (Å²) in [4.78, 5) is 23.6. The van der Waals surface area contributed by atoms with Crippen molar-refractivity contribution < 1.29 is 19.1 Å². The van der Waals surface area contributed by atoms with Crippen molar-refractivity contribution in [3.8, 4) is 11.5 Å². The Morgan fingerprint density at radius 2 is 1.69 bits per heavy atom. The van der Waals surface area contributed by atoms with Crippen molar-refractivity contribution in [2.24, 2.45) is 0 Å². The molecule has 5 heteroatoms. The largest absolute Gasteiger partial charge is 0.494 e. The quantitative estimate of drug-likeness (QED) is 0.566. The summed E-state index contributed by atoms with van der Waals surface area (Å²) in [5, 5.41) is 2.70. The molecule has 0 unspecified atom stereocenters. The molecule has 0 fully saturated rings. The van der Waals surface area contributed by atoms with Crippen molar-refractivity contribution in [1.29, 1.82) is 0 Å². The molecule has 2 rings (SSSR count). The van der Waals surface area contributed by atoms with Crippen LogP contribution in [0.5, 0.6) is 11.5 Å². The van der Waals surface area contributed by atoms with E-state index in [2.05, 4.69) is 5.32 Å². The highest BCUT2D eigenvalue weighted by Crippen LogP contribution is 2.25. The molecule has 0 aliphatic rings. The number of nitrogens with one attached hydrogen (secondary N) is 1.